The lowest BCUT2D eigenvalue weighted by molar-refractivity contribution is -0.489. The molecule has 150 valence electrons. The average Bonchev–Trinajstić information content (AvgIpc) is 2.77. The van der Waals surface area contributed by atoms with Crippen molar-refractivity contribution >= 4 is 17.9 Å². The number of hydrogen-bond acceptors (Lipinski definition) is 3. The second-order valence-electron chi connectivity index (χ2n) is 6.98. The van der Waals surface area contributed by atoms with Crippen LogP contribution in [0.2, 0.25) is 0 Å². The molecule has 2 atom stereocenters. The highest BCUT2D eigenvalue weighted by Gasteiger charge is 2.35. The summed E-state index contributed by atoms with van der Waals surface area (Å²) in [5.74, 6) is -0.298. The van der Waals surface area contributed by atoms with Gasteiger partial charge < -0.3 is 0 Å². The second-order valence-corrected chi connectivity index (χ2v) is 9.49. The molecule has 0 aliphatic carbocycles. The molecule has 0 aromatic heterocycles. The van der Waals surface area contributed by atoms with E-state index in [0.29, 0.717) is 17.0 Å². The Kier molecular flexibility index (Phi) is 6.97. The van der Waals surface area contributed by atoms with Crippen LogP contribution in [0.5, 0.6) is 0 Å². The molecule has 0 aliphatic heterocycles. The monoisotopic (exact) mass is 408 g/mol. The van der Waals surface area contributed by atoms with Gasteiger partial charge in [0.25, 0.3) is 0 Å². The lowest BCUT2D eigenvalue weighted by Gasteiger charge is -2.31. The molecular weight excluding hydrogens is 383 g/mol. The number of nitrogens with zero attached hydrogens (tertiary/aromatic N) is 1. The zero-order valence-corrected chi connectivity index (χ0v) is 17.2. The molecule has 0 bridgehead atoms. The molecule has 0 radical (unpaired) electrons. The van der Waals surface area contributed by atoms with Gasteiger partial charge in [0.15, 0.2) is 0 Å². The molecule has 5 nitrogen and oxygen atoms in total. The van der Waals surface area contributed by atoms with Gasteiger partial charge in [-0.2, -0.15) is 0 Å². The molecule has 0 saturated heterocycles. The third-order valence-electron chi connectivity index (χ3n) is 5.10. The Bertz CT molecular complexity index is 922. The van der Waals surface area contributed by atoms with Crippen molar-refractivity contribution in [3.05, 3.63) is 107 Å². The van der Waals surface area contributed by atoms with Gasteiger partial charge in [-0.25, -0.2) is 0 Å². The van der Waals surface area contributed by atoms with E-state index in [9.17, 15) is 14.7 Å². The van der Waals surface area contributed by atoms with Crippen molar-refractivity contribution < 1.29 is 9.49 Å². The van der Waals surface area contributed by atoms with Crippen LogP contribution >= 0.6 is 7.29 Å². The van der Waals surface area contributed by atoms with Crippen LogP contribution in [0.25, 0.3) is 0 Å². The van der Waals surface area contributed by atoms with Crippen molar-refractivity contribution in [2.45, 2.75) is 19.4 Å². The van der Waals surface area contributed by atoms with Crippen LogP contribution in [0.15, 0.2) is 91.0 Å². The molecule has 0 heterocycles. The Labute approximate surface area is 171 Å². The van der Waals surface area contributed by atoms with Gasteiger partial charge in [0.1, 0.15) is 0 Å². The molecule has 3 aromatic rings. The lowest BCUT2D eigenvalue weighted by atomic mass is 9.92. The summed E-state index contributed by atoms with van der Waals surface area (Å²) >= 11 is 0. The summed E-state index contributed by atoms with van der Waals surface area (Å²) in [6.45, 7) is 1.74. The van der Waals surface area contributed by atoms with Crippen molar-refractivity contribution in [3.63, 3.8) is 0 Å². The van der Waals surface area contributed by atoms with Crippen molar-refractivity contribution in [3.8, 4) is 0 Å². The molecular formula is C23H25N2O3P. The van der Waals surface area contributed by atoms with E-state index in [1.807, 2.05) is 97.9 Å². The standard InChI is InChI=1S/C23H25N2O3P/c1-2-19(18-25(26)27)23(20-12-6-3-7-13-20)24-29(28,21-14-8-4-9-15-21)22-16-10-5-11-17-22/h3-17,19,23H,2,18H2,1H3,(H,24,28). The summed E-state index contributed by atoms with van der Waals surface area (Å²) < 4.78 is 14.4. The predicted molar refractivity (Wildman–Crippen MR) is 118 cm³/mol. The quantitative estimate of drug-likeness (QED) is 0.320. The van der Waals surface area contributed by atoms with E-state index in [-0.39, 0.29) is 17.4 Å². The highest BCUT2D eigenvalue weighted by molar-refractivity contribution is 7.76. The van der Waals surface area contributed by atoms with Crippen molar-refractivity contribution in [2.75, 3.05) is 6.54 Å². The minimum absolute atomic E-state index is 0.188. The Hall–Kier alpha value is -2.75. The first-order chi connectivity index (χ1) is 14.0. The summed E-state index contributed by atoms with van der Waals surface area (Å²) in [5, 5.41) is 16.1. The van der Waals surface area contributed by atoms with Crippen molar-refractivity contribution in [2.24, 2.45) is 5.92 Å². The Balaban J connectivity index is 2.11. The van der Waals surface area contributed by atoms with Gasteiger partial charge in [-0.05, 0) is 36.2 Å². The van der Waals surface area contributed by atoms with Crippen molar-refractivity contribution in [1.29, 1.82) is 0 Å². The topological polar surface area (TPSA) is 72.2 Å². The largest absolute Gasteiger partial charge is 0.297 e. The Morgan fingerprint density at radius 1 is 0.862 bits per heavy atom. The molecule has 0 spiro atoms. The highest BCUT2D eigenvalue weighted by atomic mass is 31.2. The fourth-order valence-electron chi connectivity index (χ4n) is 3.54. The molecule has 2 unspecified atom stereocenters. The lowest BCUT2D eigenvalue weighted by Crippen LogP contribution is -2.36. The van der Waals surface area contributed by atoms with Crippen LogP contribution in [0.1, 0.15) is 24.9 Å². The SMILES string of the molecule is CCC(C[N+](=O)[O-])C(NP(=O)(c1ccccc1)c1ccccc1)c1ccccc1. The first kappa shape index (κ1) is 21.0. The van der Waals surface area contributed by atoms with Crippen molar-refractivity contribution in [1.82, 2.24) is 5.09 Å². The molecule has 3 rings (SSSR count). The zero-order valence-electron chi connectivity index (χ0n) is 16.3. The molecule has 6 heteroatoms. The molecule has 0 fully saturated rings. The maximum absolute atomic E-state index is 14.4. The van der Waals surface area contributed by atoms with E-state index < -0.39 is 13.3 Å². The molecule has 29 heavy (non-hydrogen) atoms. The van der Waals surface area contributed by atoms with E-state index in [2.05, 4.69) is 5.09 Å². The van der Waals surface area contributed by atoms with Gasteiger partial charge in [-0.1, -0.05) is 73.7 Å². The molecule has 0 aliphatic rings. The average molecular weight is 408 g/mol. The zero-order chi connectivity index (χ0) is 20.7. The highest BCUT2D eigenvalue weighted by Crippen LogP contribution is 2.44. The van der Waals surface area contributed by atoms with Gasteiger partial charge in [0.05, 0.1) is 0 Å². The smallest absolute Gasteiger partial charge is 0.208 e. The third kappa shape index (κ3) is 5.00. The van der Waals surface area contributed by atoms with Crippen LogP contribution < -0.4 is 15.7 Å². The van der Waals surface area contributed by atoms with Crippen LogP contribution in [0.3, 0.4) is 0 Å². The predicted octanol–water partition coefficient (Wildman–Crippen LogP) is 4.55. The van der Waals surface area contributed by atoms with E-state index in [0.717, 1.165) is 5.56 Å². The summed E-state index contributed by atoms with van der Waals surface area (Å²) in [6.07, 6.45) is 0.594. The normalized spacial score (nSPS) is 13.6. The summed E-state index contributed by atoms with van der Waals surface area (Å²) in [5.41, 5.74) is 0.897. The fraction of sp³-hybridized carbons (Fsp3) is 0.217. The van der Waals surface area contributed by atoms with Gasteiger partial charge in [0.2, 0.25) is 13.8 Å². The minimum Gasteiger partial charge on any atom is -0.297 e. The van der Waals surface area contributed by atoms with E-state index in [1.54, 1.807) is 0 Å². The minimum atomic E-state index is -3.23. The number of nitro groups is 1. The maximum atomic E-state index is 14.4. The number of nitrogens with one attached hydrogen (secondary N) is 1. The first-order valence-electron chi connectivity index (χ1n) is 9.70. The van der Waals surface area contributed by atoms with Gasteiger partial charge in [-0.3, -0.25) is 19.8 Å². The molecule has 0 amide bonds. The second kappa shape index (κ2) is 9.64. The third-order valence-corrected chi connectivity index (χ3v) is 7.79. The number of rotatable bonds is 9. The Morgan fingerprint density at radius 3 is 1.72 bits per heavy atom. The van der Waals surface area contributed by atoms with Crippen LogP contribution in [0, 0.1) is 16.0 Å². The van der Waals surface area contributed by atoms with E-state index >= 15 is 0 Å². The van der Waals surface area contributed by atoms with Gasteiger partial charge >= 0.3 is 0 Å². The molecule has 0 saturated carbocycles. The number of benzene rings is 3. The fourth-order valence-corrected chi connectivity index (χ4v) is 6.08. The summed E-state index contributed by atoms with van der Waals surface area (Å²) in [6, 6.07) is 27.7. The number of hydrogen-bond donors (Lipinski definition) is 1. The molecule has 3 aromatic carbocycles. The summed E-state index contributed by atoms with van der Waals surface area (Å²) in [4.78, 5) is 11.0. The van der Waals surface area contributed by atoms with Gasteiger partial charge in [0, 0.05) is 27.5 Å². The first-order valence-corrected chi connectivity index (χ1v) is 11.4. The maximum Gasteiger partial charge on any atom is 0.208 e. The summed E-state index contributed by atoms with van der Waals surface area (Å²) in [7, 11) is -3.23. The van der Waals surface area contributed by atoms with Crippen LogP contribution in [-0.2, 0) is 4.57 Å². The molecule has 1 N–H and O–H groups in total. The van der Waals surface area contributed by atoms with E-state index in [4.69, 9.17) is 0 Å². The van der Waals surface area contributed by atoms with Gasteiger partial charge in [-0.15, -0.1) is 0 Å². The Morgan fingerprint density at radius 2 is 1.31 bits per heavy atom. The van der Waals surface area contributed by atoms with E-state index in [1.165, 1.54) is 0 Å². The van der Waals surface area contributed by atoms with Crippen LogP contribution in [0.4, 0.5) is 0 Å². The van der Waals surface area contributed by atoms with Crippen LogP contribution in [-0.4, -0.2) is 11.5 Å².